The van der Waals surface area contributed by atoms with Crippen LogP contribution in [-0.2, 0) is 0 Å². The molecule has 1 atom stereocenters. The first-order valence-electron chi connectivity index (χ1n) is 4.52. The molecule has 0 saturated carbocycles. The van der Waals surface area contributed by atoms with E-state index in [0.717, 1.165) is 5.75 Å². The average molecular weight is 196 g/mol. The number of benzene rings is 1. The Morgan fingerprint density at radius 2 is 2.23 bits per heavy atom. The molecule has 72 valence electrons. The van der Waals surface area contributed by atoms with E-state index < -0.39 is 0 Å². The Morgan fingerprint density at radius 1 is 1.46 bits per heavy atom. The van der Waals surface area contributed by atoms with Gasteiger partial charge >= 0.3 is 0 Å². The van der Waals surface area contributed by atoms with Gasteiger partial charge in [0.15, 0.2) is 0 Å². The molecular formula is C11H16OS. The molecule has 1 rings (SSSR count). The third-order valence-electron chi connectivity index (χ3n) is 1.84. The van der Waals surface area contributed by atoms with E-state index in [1.807, 2.05) is 11.8 Å². The van der Waals surface area contributed by atoms with Crippen LogP contribution in [0.3, 0.4) is 0 Å². The fourth-order valence-corrected chi connectivity index (χ4v) is 2.02. The van der Waals surface area contributed by atoms with Gasteiger partial charge < -0.3 is 5.11 Å². The minimum absolute atomic E-state index is 0.277. The summed E-state index contributed by atoms with van der Waals surface area (Å²) in [6.07, 6.45) is 0. The largest absolute Gasteiger partial charge is 0.396 e. The summed E-state index contributed by atoms with van der Waals surface area (Å²) in [5.41, 5.74) is 1.29. The standard InChI is InChI=1S/C11H16OS/c1-9-4-3-5-11(6-9)13-8-10(2)7-12/h3-6,10,12H,7-8H2,1-2H3. The summed E-state index contributed by atoms with van der Waals surface area (Å²) in [6.45, 7) is 4.43. The normalized spacial score (nSPS) is 12.8. The van der Waals surface area contributed by atoms with Gasteiger partial charge in [-0.15, -0.1) is 11.8 Å². The molecule has 1 unspecified atom stereocenters. The van der Waals surface area contributed by atoms with Crippen molar-refractivity contribution < 1.29 is 5.11 Å². The number of rotatable bonds is 4. The van der Waals surface area contributed by atoms with Gasteiger partial charge in [-0.25, -0.2) is 0 Å². The lowest BCUT2D eigenvalue weighted by molar-refractivity contribution is 0.250. The van der Waals surface area contributed by atoms with E-state index >= 15 is 0 Å². The van der Waals surface area contributed by atoms with Crippen molar-refractivity contribution in [3.63, 3.8) is 0 Å². The van der Waals surface area contributed by atoms with Crippen LogP contribution in [0.5, 0.6) is 0 Å². The summed E-state index contributed by atoms with van der Waals surface area (Å²) >= 11 is 1.81. The van der Waals surface area contributed by atoms with Crippen molar-refractivity contribution >= 4 is 11.8 Å². The maximum absolute atomic E-state index is 8.85. The van der Waals surface area contributed by atoms with Crippen molar-refractivity contribution in [2.45, 2.75) is 18.7 Å². The van der Waals surface area contributed by atoms with Crippen molar-refractivity contribution in [2.75, 3.05) is 12.4 Å². The molecule has 0 aliphatic rings. The Kier molecular flexibility index (Phi) is 4.33. The number of hydrogen-bond acceptors (Lipinski definition) is 2. The third kappa shape index (κ3) is 3.83. The number of aryl methyl sites for hydroxylation is 1. The molecule has 0 aliphatic heterocycles. The summed E-state index contributed by atoms with van der Waals surface area (Å²) in [5.74, 6) is 1.37. The molecule has 13 heavy (non-hydrogen) atoms. The van der Waals surface area contributed by atoms with Crippen molar-refractivity contribution in [1.29, 1.82) is 0 Å². The van der Waals surface area contributed by atoms with Crippen molar-refractivity contribution in [3.8, 4) is 0 Å². The van der Waals surface area contributed by atoms with Crippen molar-refractivity contribution in [1.82, 2.24) is 0 Å². The summed E-state index contributed by atoms with van der Waals surface area (Å²) in [7, 11) is 0. The average Bonchev–Trinajstić information content (AvgIpc) is 2.14. The highest BCUT2D eigenvalue weighted by atomic mass is 32.2. The van der Waals surface area contributed by atoms with Crippen LogP contribution in [0.1, 0.15) is 12.5 Å². The molecule has 0 saturated heterocycles. The Balaban J connectivity index is 2.45. The molecule has 1 aromatic carbocycles. The van der Waals surface area contributed by atoms with E-state index in [2.05, 4.69) is 38.1 Å². The fraction of sp³-hybridized carbons (Fsp3) is 0.455. The second-order valence-corrected chi connectivity index (χ2v) is 4.51. The van der Waals surface area contributed by atoms with Crippen LogP contribution in [0, 0.1) is 12.8 Å². The number of aliphatic hydroxyl groups excluding tert-OH is 1. The molecule has 0 heterocycles. The Morgan fingerprint density at radius 3 is 2.85 bits per heavy atom. The van der Waals surface area contributed by atoms with Crippen molar-refractivity contribution in [2.24, 2.45) is 5.92 Å². The van der Waals surface area contributed by atoms with Crippen LogP contribution in [0.25, 0.3) is 0 Å². The molecule has 0 radical (unpaired) electrons. The van der Waals surface area contributed by atoms with Gasteiger partial charge in [0.2, 0.25) is 0 Å². The monoisotopic (exact) mass is 196 g/mol. The minimum Gasteiger partial charge on any atom is -0.396 e. The lowest BCUT2D eigenvalue weighted by Gasteiger charge is -2.07. The fourth-order valence-electron chi connectivity index (χ4n) is 0.996. The molecule has 2 heteroatoms. The molecule has 1 N–H and O–H groups in total. The molecular weight excluding hydrogens is 180 g/mol. The summed E-state index contributed by atoms with van der Waals surface area (Å²) in [6, 6.07) is 8.46. The van der Waals surface area contributed by atoms with Crippen LogP contribution in [-0.4, -0.2) is 17.5 Å². The summed E-state index contributed by atoms with van der Waals surface area (Å²) in [4.78, 5) is 1.29. The molecule has 0 bridgehead atoms. The first kappa shape index (κ1) is 10.6. The second kappa shape index (κ2) is 5.30. The first-order chi connectivity index (χ1) is 6.22. The van der Waals surface area contributed by atoms with Crippen LogP contribution >= 0.6 is 11.8 Å². The predicted molar refractivity (Wildman–Crippen MR) is 58.2 cm³/mol. The van der Waals surface area contributed by atoms with Gasteiger partial charge in [-0.05, 0) is 25.0 Å². The van der Waals surface area contributed by atoms with Gasteiger partial charge in [-0.3, -0.25) is 0 Å². The van der Waals surface area contributed by atoms with Crippen LogP contribution in [0.2, 0.25) is 0 Å². The van der Waals surface area contributed by atoms with Crippen LogP contribution in [0.15, 0.2) is 29.2 Å². The van der Waals surface area contributed by atoms with Gasteiger partial charge in [0.25, 0.3) is 0 Å². The highest BCUT2D eigenvalue weighted by Crippen LogP contribution is 2.21. The quantitative estimate of drug-likeness (QED) is 0.747. The van der Waals surface area contributed by atoms with Crippen LogP contribution < -0.4 is 0 Å². The smallest absolute Gasteiger partial charge is 0.0464 e. The number of thioether (sulfide) groups is 1. The predicted octanol–water partition coefficient (Wildman–Crippen LogP) is 2.72. The van der Waals surface area contributed by atoms with E-state index in [1.165, 1.54) is 10.5 Å². The molecule has 0 aromatic heterocycles. The third-order valence-corrected chi connectivity index (χ3v) is 3.16. The highest BCUT2D eigenvalue weighted by Gasteiger charge is 2.00. The topological polar surface area (TPSA) is 20.2 Å². The van der Waals surface area contributed by atoms with Crippen LogP contribution in [0.4, 0.5) is 0 Å². The van der Waals surface area contributed by atoms with Crippen molar-refractivity contribution in [3.05, 3.63) is 29.8 Å². The SMILES string of the molecule is Cc1cccc(SCC(C)CO)c1. The van der Waals surface area contributed by atoms with E-state index in [4.69, 9.17) is 5.11 Å². The Labute approximate surface area is 84.2 Å². The second-order valence-electron chi connectivity index (χ2n) is 3.42. The molecule has 1 aromatic rings. The van der Waals surface area contributed by atoms with Gasteiger partial charge in [0, 0.05) is 17.3 Å². The summed E-state index contributed by atoms with van der Waals surface area (Å²) < 4.78 is 0. The zero-order valence-corrected chi connectivity index (χ0v) is 8.97. The van der Waals surface area contributed by atoms with Gasteiger partial charge in [0.05, 0.1) is 0 Å². The zero-order valence-electron chi connectivity index (χ0n) is 8.16. The highest BCUT2D eigenvalue weighted by molar-refractivity contribution is 7.99. The summed E-state index contributed by atoms with van der Waals surface area (Å²) in [5, 5.41) is 8.85. The lowest BCUT2D eigenvalue weighted by atomic mass is 10.2. The first-order valence-corrected chi connectivity index (χ1v) is 5.51. The van der Waals surface area contributed by atoms with E-state index in [9.17, 15) is 0 Å². The van der Waals surface area contributed by atoms with Gasteiger partial charge in [-0.1, -0.05) is 24.6 Å². The maximum Gasteiger partial charge on any atom is 0.0464 e. The minimum atomic E-state index is 0.277. The maximum atomic E-state index is 8.85. The Bertz CT molecular complexity index is 260. The van der Waals surface area contributed by atoms with E-state index in [1.54, 1.807) is 0 Å². The molecule has 0 aliphatic carbocycles. The molecule has 0 amide bonds. The Hall–Kier alpha value is -0.470. The van der Waals surface area contributed by atoms with E-state index in [0.29, 0.717) is 5.92 Å². The number of aliphatic hydroxyl groups is 1. The van der Waals surface area contributed by atoms with Gasteiger partial charge in [0.1, 0.15) is 0 Å². The lowest BCUT2D eigenvalue weighted by Crippen LogP contribution is -2.02. The van der Waals surface area contributed by atoms with Gasteiger partial charge in [-0.2, -0.15) is 0 Å². The van der Waals surface area contributed by atoms with E-state index in [-0.39, 0.29) is 6.61 Å². The number of hydrogen-bond donors (Lipinski definition) is 1. The zero-order chi connectivity index (χ0) is 9.68. The molecule has 1 nitrogen and oxygen atoms in total. The molecule has 0 spiro atoms. The molecule has 0 fully saturated rings.